The number of amides is 1. The van der Waals surface area contributed by atoms with Gasteiger partial charge in [-0.2, -0.15) is 0 Å². The number of nitrogens with one attached hydrogen (secondary N) is 1. The first kappa shape index (κ1) is 12.9. The summed E-state index contributed by atoms with van der Waals surface area (Å²) in [5, 5.41) is 2.93. The predicted molar refractivity (Wildman–Crippen MR) is 71.6 cm³/mol. The normalized spacial score (nSPS) is 16.8. The Morgan fingerprint density at radius 1 is 1.39 bits per heavy atom. The second kappa shape index (κ2) is 5.40. The lowest BCUT2D eigenvalue weighted by Crippen LogP contribution is -2.47. The largest absolute Gasteiger partial charge is 0.494 e. The Morgan fingerprint density at radius 3 is 2.50 bits per heavy atom. The number of hydrogen-bond donors (Lipinski definition) is 2. The van der Waals surface area contributed by atoms with Crippen molar-refractivity contribution in [2.75, 3.05) is 18.5 Å². The molecule has 4 nitrogen and oxygen atoms in total. The highest BCUT2D eigenvalue weighted by molar-refractivity contribution is 5.96. The molecule has 1 fully saturated rings. The highest BCUT2D eigenvalue weighted by Crippen LogP contribution is 2.40. The lowest BCUT2D eigenvalue weighted by molar-refractivity contribution is -0.129. The molecule has 0 heterocycles. The molecule has 4 heteroatoms. The van der Waals surface area contributed by atoms with Crippen molar-refractivity contribution in [1.29, 1.82) is 0 Å². The smallest absolute Gasteiger partial charge is 0.231 e. The van der Waals surface area contributed by atoms with Crippen LogP contribution in [0.25, 0.3) is 0 Å². The molecule has 1 aliphatic carbocycles. The molecule has 98 valence electrons. The van der Waals surface area contributed by atoms with Crippen LogP contribution < -0.4 is 15.8 Å². The van der Waals surface area contributed by atoms with Crippen LogP contribution in [0.1, 0.15) is 26.2 Å². The maximum atomic E-state index is 12.1. The van der Waals surface area contributed by atoms with Crippen LogP contribution in [0.5, 0.6) is 5.75 Å². The first-order chi connectivity index (χ1) is 8.70. The van der Waals surface area contributed by atoms with Gasteiger partial charge in [0.2, 0.25) is 5.91 Å². The SMILES string of the molecule is CCOc1ccc(NC(=O)C2(CN)CCC2)cc1. The van der Waals surface area contributed by atoms with E-state index in [4.69, 9.17) is 10.5 Å². The molecule has 0 spiro atoms. The molecule has 0 saturated heterocycles. The Kier molecular flexibility index (Phi) is 3.87. The molecule has 0 radical (unpaired) electrons. The number of anilines is 1. The van der Waals surface area contributed by atoms with E-state index in [1.54, 1.807) is 0 Å². The molecule has 18 heavy (non-hydrogen) atoms. The standard InChI is InChI=1S/C14H20N2O2/c1-2-18-12-6-4-11(5-7-12)16-13(17)14(10-15)8-3-9-14/h4-7H,2-3,8-10,15H2,1H3,(H,16,17). The van der Waals surface area contributed by atoms with E-state index in [9.17, 15) is 4.79 Å². The summed E-state index contributed by atoms with van der Waals surface area (Å²) in [5.74, 6) is 0.855. The Hall–Kier alpha value is -1.55. The molecule has 1 saturated carbocycles. The predicted octanol–water partition coefficient (Wildman–Crippen LogP) is 2.15. The highest BCUT2D eigenvalue weighted by atomic mass is 16.5. The van der Waals surface area contributed by atoms with Crippen molar-refractivity contribution in [3.05, 3.63) is 24.3 Å². The van der Waals surface area contributed by atoms with Gasteiger partial charge in [-0.25, -0.2) is 0 Å². The van der Waals surface area contributed by atoms with Crippen molar-refractivity contribution in [3.8, 4) is 5.75 Å². The second-order valence-corrected chi connectivity index (χ2v) is 4.75. The molecule has 1 aromatic rings. The molecule has 1 aromatic carbocycles. The van der Waals surface area contributed by atoms with E-state index >= 15 is 0 Å². The third-order valence-corrected chi connectivity index (χ3v) is 3.61. The van der Waals surface area contributed by atoms with Crippen LogP contribution in [0, 0.1) is 5.41 Å². The number of hydrogen-bond acceptors (Lipinski definition) is 3. The molecule has 2 rings (SSSR count). The number of rotatable bonds is 5. The van der Waals surface area contributed by atoms with Crippen molar-refractivity contribution in [2.45, 2.75) is 26.2 Å². The van der Waals surface area contributed by atoms with Crippen molar-refractivity contribution in [2.24, 2.45) is 11.1 Å². The van der Waals surface area contributed by atoms with Gasteiger partial charge in [-0.05, 0) is 44.0 Å². The van der Waals surface area contributed by atoms with Gasteiger partial charge in [0.15, 0.2) is 0 Å². The minimum absolute atomic E-state index is 0.0420. The molecule has 1 amide bonds. The Balaban J connectivity index is 1.98. The van der Waals surface area contributed by atoms with Crippen LogP contribution >= 0.6 is 0 Å². The topological polar surface area (TPSA) is 64.3 Å². The number of ether oxygens (including phenoxy) is 1. The third kappa shape index (κ3) is 2.48. The highest BCUT2D eigenvalue weighted by Gasteiger charge is 2.42. The second-order valence-electron chi connectivity index (χ2n) is 4.75. The maximum absolute atomic E-state index is 12.1. The van der Waals surface area contributed by atoms with Gasteiger partial charge in [0.1, 0.15) is 5.75 Å². The van der Waals surface area contributed by atoms with E-state index in [0.717, 1.165) is 30.7 Å². The summed E-state index contributed by atoms with van der Waals surface area (Å²) in [4.78, 5) is 12.1. The van der Waals surface area contributed by atoms with E-state index in [0.29, 0.717) is 13.2 Å². The van der Waals surface area contributed by atoms with Crippen LogP contribution in [-0.2, 0) is 4.79 Å². The Bertz CT molecular complexity index is 405. The molecule has 0 aliphatic heterocycles. The van der Waals surface area contributed by atoms with Crippen molar-refractivity contribution in [1.82, 2.24) is 0 Å². The molecule has 3 N–H and O–H groups in total. The van der Waals surface area contributed by atoms with E-state index in [-0.39, 0.29) is 11.3 Å². The fourth-order valence-corrected chi connectivity index (χ4v) is 2.19. The quantitative estimate of drug-likeness (QED) is 0.839. The number of carbonyl (C=O) groups excluding carboxylic acids is 1. The van der Waals surface area contributed by atoms with Gasteiger partial charge >= 0.3 is 0 Å². The fourth-order valence-electron chi connectivity index (χ4n) is 2.19. The minimum Gasteiger partial charge on any atom is -0.494 e. The average Bonchev–Trinajstić information content (AvgIpc) is 2.31. The maximum Gasteiger partial charge on any atom is 0.231 e. The number of nitrogens with two attached hydrogens (primary N) is 1. The van der Waals surface area contributed by atoms with Gasteiger partial charge in [-0.3, -0.25) is 4.79 Å². The summed E-state index contributed by atoms with van der Waals surface area (Å²) in [6.07, 6.45) is 2.88. The summed E-state index contributed by atoms with van der Waals surface area (Å²) in [7, 11) is 0. The van der Waals surface area contributed by atoms with Gasteiger partial charge in [0.05, 0.1) is 12.0 Å². The average molecular weight is 248 g/mol. The summed E-state index contributed by atoms with van der Waals surface area (Å²) < 4.78 is 5.35. The van der Waals surface area contributed by atoms with Crippen molar-refractivity contribution < 1.29 is 9.53 Å². The van der Waals surface area contributed by atoms with E-state index in [2.05, 4.69) is 5.32 Å². The zero-order chi connectivity index (χ0) is 13.0. The van der Waals surface area contributed by atoms with Gasteiger partial charge in [-0.1, -0.05) is 6.42 Å². The zero-order valence-electron chi connectivity index (χ0n) is 10.7. The van der Waals surface area contributed by atoms with Gasteiger partial charge in [0.25, 0.3) is 0 Å². The van der Waals surface area contributed by atoms with E-state index in [1.807, 2.05) is 31.2 Å². The lowest BCUT2D eigenvalue weighted by atomic mass is 9.68. The molecule has 0 atom stereocenters. The Labute approximate surface area is 108 Å². The summed E-state index contributed by atoms with van der Waals surface area (Å²) in [6.45, 7) is 3.01. The van der Waals surface area contributed by atoms with Gasteiger partial charge in [-0.15, -0.1) is 0 Å². The van der Waals surface area contributed by atoms with Gasteiger partial charge in [0, 0.05) is 12.2 Å². The van der Waals surface area contributed by atoms with Crippen LogP contribution in [0.3, 0.4) is 0 Å². The minimum atomic E-state index is -0.335. The van der Waals surface area contributed by atoms with E-state index < -0.39 is 0 Å². The van der Waals surface area contributed by atoms with Crippen molar-refractivity contribution in [3.63, 3.8) is 0 Å². The summed E-state index contributed by atoms with van der Waals surface area (Å²) >= 11 is 0. The molecule has 0 unspecified atom stereocenters. The monoisotopic (exact) mass is 248 g/mol. The molecule has 0 bridgehead atoms. The van der Waals surface area contributed by atoms with E-state index in [1.165, 1.54) is 0 Å². The molecular weight excluding hydrogens is 228 g/mol. The molecule has 0 aromatic heterocycles. The first-order valence-corrected chi connectivity index (χ1v) is 6.44. The summed E-state index contributed by atoms with van der Waals surface area (Å²) in [6, 6.07) is 7.42. The first-order valence-electron chi connectivity index (χ1n) is 6.44. The Morgan fingerprint density at radius 2 is 2.06 bits per heavy atom. The third-order valence-electron chi connectivity index (χ3n) is 3.61. The molecular formula is C14H20N2O2. The number of carbonyl (C=O) groups is 1. The number of benzene rings is 1. The molecule has 1 aliphatic rings. The fraction of sp³-hybridized carbons (Fsp3) is 0.500. The zero-order valence-corrected chi connectivity index (χ0v) is 10.7. The van der Waals surface area contributed by atoms with Crippen molar-refractivity contribution >= 4 is 11.6 Å². The van der Waals surface area contributed by atoms with Crippen LogP contribution in [0.2, 0.25) is 0 Å². The lowest BCUT2D eigenvalue weighted by Gasteiger charge is -2.39. The summed E-state index contributed by atoms with van der Waals surface area (Å²) in [5.41, 5.74) is 6.17. The van der Waals surface area contributed by atoms with Gasteiger partial charge < -0.3 is 15.8 Å². The van der Waals surface area contributed by atoms with Crippen LogP contribution in [0.4, 0.5) is 5.69 Å². The van der Waals surface area contributed by atoms with Crippen LogP contribution in [-0.4, -0.2) is 19.1 Å². The van der Waals surface area contributed by atoms with Crippen LogP contribution in [0.15, 0.2) is 24.3 Å².